The molecule has 53 heavy (non-hydrogen) atoms. The molecule has 1 aromatic heterocycles. The molecule has 4 atom stereocenters. The van der Waals surface area contributed by atoms with Crippen LogP contribution in [0.5, 0.6) is 0 Å². The van der Waals surface area contributed by atoms with Crippen molar-refractivity contribution in [3.05, 3.63) is 129 Å². The van der Waals surface area contributed by atoms with Crippen molar-refractivity contribution in [1.29, 1.82) is 0 Å². The van der Waals surface area contributed by atoms with Gasteiger partial charge in [-0.15, -0.1) is 6.42 Å². The maximum absolute atomic E-state index is 5.76. The SMILES string of the molecule is C#CC(C)C=CC(C)C(B(c1ccc(C2=CCC3CCC(c4nc(C)nc(C/C=C\C(=C/CC)CC)n4)(C2)C3)cc1)c1c(C)cc(C)cc1C)=C(C)C. The molecule has 1 fully saturated rings. The molecule has 2 bridgehead atoms. The standard InChI is InChI=1S/C49H62BN3/c1-12-16-40(14-3)17-15-18-45-51-39(11)52-48(53-45)49-28-27-41(31-49)21-22-43(32-49)42-23-25-44(26-24-42)50(47-37(9)29-35(7)30-38(47)10)46(33(4)5)36(8)20-19-34(6)13-2/h2,15-17,19-20,22-26,29-30,34,36,41H,12,14,18,21,27-28,31-32H2,1,3-11H3/b17-15-,20-19?,40-16-. The van der Waals surface area contributed by atoms with Crippen LogP contribution >= 0.6 is 0 Å². The zero-order valence-corrected chi connectivity index (χ0v) is 34.3. The van der Waals surface area contributed by atoms with E-state index in [-0.39, 0.29) is 24.0 Å². The molecule has 2 aromatic carbocycles. The number of benzene rings is 2. The second kappa shape index (κ2) is 17.7. The fraction of sp³-hybridized carbons (Fsp3) is 0.449. The predicted octanol–water partition coefficient (Wildman–Crippen LogP) is 10.8. The summed E-state index contributed by atoms with van der Waals surface area (Å²) in [7, 11) is 0. The smallest absolute Gasteiger partial charge is 0.218 e. The van der Waals surface area contributed by atoms with Crippen LogP contribution in [0, 0.1) is 57.8 Å². The number of terminal acetylenes is 1. The highest BCUT2D eigenvalue weighted by molar-refractivity contribution is 6.91. The molecule has 0 spiro atoms. The molecule has 0 saturated heterocycles. The van der Waals surface area contributed by atoms with Gasteiger partial charge in [0.15, 0.2) is 0 Å². The molecule has 3 aromatic rings. The summed E-state index contributed by atoms with van der Waals surface area (Å²) < 4.78 is 0. The molecule has 2 aliphatic rings. The molecule has 1 heterocycles. The number of rotatable bonds is 13. The quantitative estimate of drug-likeness (QED) is 0.0770. The highest BCUT2D eigenvalue weighted by Crippen LogP contribution is 2.52. The highest BCUT2D eigenvalue weighted by Gasteiger charge is 2.45. The summed E-state index contributed by atoms with van der Waals surface area (Å²) in [6, 6.07) is 14.2. The van der Waals surface area contributed by atoms with Crippen molar-refractivity contribution < 1.29 is 0 Å². The first-order chi connectivity index (χ1) is 25.4. The Morgan fingerprint density at radius 1 is 1.00 bits per heavy atom. The zero-order valence-electron chi connectivity index (χ0n) is 34.3. The van der Waals surface area contributed by atoms with E-state index in [4.69, 9.17) is 21.4 Å². The highest BCUT2D eigenvalue weighted by atomic mass is 15.0. The van der Waals surface area contributed by atoms with Gasteiger partial charge >= 0.3 is 0 Å². The van der Waals surface area contributed by atoms with Gasteiger partial charge in [-0.2, -0.15) is 0 Å². The number of hydrogen-bond acceptors (Lipinski definition) is 3. The summed E-state index contributed by atoms with van der Waals surface area (Å²) in [5, 5.41) is 0. The van der Waals surface area contributed by atoms with Gasteiger partial charge in [-0.25, -0.2) is 15.0 Å². The number of fused-ring (bicyclic) bond motifs is 2. The third-order valence-electron chi connectivity index (χ3n) is 11.7. The van der Waals surface area contributed by atoms with Gasteiger partial charge in [0.2, 0.25) is 6.71 Å². The summed E-state index contributed by atoms with van der Waals surface area (Å²) in [5.74, 6) is 6.60. The van der Waals surface area contributed by atoms with Crippen molar-refractivity contribution in [3.8, 4) is 12.3 Å². The summed E-state index contributed by atoms with van der Waals surface area (Å²) >= 11 is 0. The largest absolute Gasteiger partial charge is 0.238 e. The van der Waals surface area contributed by atoms with Gasteiger partial charge in [0.1, 0.15) is 17.5 Å². The Balaban J connectivity index is 1.50. The Kier molecular flexibility index (Phi) is 13.4. The number of aryl methyl sites for hydroxylation is 4. The van der Waals surface area contributed by atoms with Gasteiger partial charge in [0.05, 0.1) is 0 Å². The van der Waals surface area contributed by atoms with Gasteiger partial charge in [0, 0.05) is 17.8 Å². The van der Waals surface area contributed by atoms with Crippen LogP contribution in [0.4, 0.5) is 0 Å². The third-order valence-corrected chi connectivity index (χ3v) is 11.7. The molecule has 0 aliphatic heterocycles. The lowest BCUT2D eigenvalue weighted by Gasteiger charge is -2.29. The summed E-state index contributed by atoms with van der Waals surface area (Å²) in [6.07, 6.45) is 28.0. The molecular formula is C49H62BN3. The summed E-state index contributed by atoms with van der Waals surface area (Å²) in [4.78, 5) is 15.0. The topological polar surface area (TPSA) is 38.7 Å². The first kappa shape index (κ1) is 40.0. The lowest BCUT2D eigenvalue weighted by molar-refractivity contribution is 0.403. The van der Waals surface area contributed by atoms with E-state index in [2.05, 4.69) is 141 Å². The molecule has 276 valence electrons. The summed E-state index contributed by atoms with van der Waals surface area (Å²) in [6.45, 7) is 22.3. The van der Waals surface area contributed by atoms with Crippen LogP contribution in [-0.2, 0) is 11.8 Å². The van der Waals surface area contributed by atoms with Gasteiger partial charge in [-0.1, -0.05) is 144 Å². The van der Waals surface area contributed by atoms with Gasteiger partial charge in [-0.3, -0.25) is 0 Å². The second-order valence-corrected chi connectivity index (χ2v) is 16.3. The van der Waals surface area contributed by atoms with E-state index in [1.54, 1.807) is 0 Å². The Labute approximate surface area is 322 Å². The molecule has 1 saturated carbocycles. The minimum absolute atomic E-state index is 0.0558. The first-order valence-corrected chi connectivity index (χ1v) is 20.1. The number of aromatic nitrogens is 3. The predicted molar refractivity (Wildman–Crippen MR) is 229 cm³/mol. The molecule has 0 radical (unpaired) electrons. The fourth-order valence-corrected chi connectivity index (χ4v) is 9.16. The lowest BCUT2D eigenvalue weighted by atomic mass is 9.32. The molecule has 0 N–H and O–H groups in total. The first-order valence-electron chi connectivity index (χ1n) is 20.1. The van der Waals surface area contributed by atoms with Crippen molar-refractivity contribution in [3.63, 3.8) is 0 Å². The van der Waals surface area contributed by atoms with Crippen LogP contribution in [0.2, 0.25) is 0 Å². The maximum atomic E-state index is 5.76. The number of nitrogens with zero attached hydrogens (tertiary/aromatic N) is 3. The van der Waals surface area contributed by atoms with Crippen LogP contribution in [0.15, 0.2) is 89.5 Å². The van der Waals surface area contributed by atoms with Crippen LogP contribution in [0.1, 0.15) is 126 Å². The van der Waals surface area contributed by atoms with Crippen molar-refractivity contribution in [2.24, 2.45) is 17.8 Å². The molecule has 5 rings (SSSR count). The number of hydrogen-bond donors (Lipinski definition) is 0. The van der Waals surface area contributed by atoms with Gasteiger partial charge < -0.3 is 0 Å². The summed E-state index contributed by atoms with van der Waals surface area (Å²) in [5.41, 5.74) is 13.6. The third kappa shape index (κ3) is 9.48. The van der Waals surface area contributed by atoms with Crippen molar-refractivity contribution in [2.75, 3.05) is 0 Å². The van der Waals surface area contributed by atoms with E-state index in [1.807, 2.05) is 6.92 Å². The molecule has 4 heteroatoms. The molecule has 4 unspecified atom stereocenters. The normalized spacial score (nSPS) is 19.9. The van der Waals surface area contributed by atoms with Crippen LogP contribution in [-0.4, -0.2) is 21.7 Å². The minimum Gasteiger partial charge on any atom is -0.218 e. The van der Waals surface area contributed by atoms with Crippen LogP contribution in [0.25, 0.3) is 5.57 Å². The van der Waals surface area contributed by atoms with E-state index in [9.17, 15) is 0 Å². The minimum atomic E-state index is -0.0558. The van der Waals surface area contributed by atoms with E-state index in [0.29, 0.717) is 5.92 Å². The molecular weight excluding hydrogens is 641 g/mol. The average Bonchev–Trinajstić information content (AvgIpc) is 3.44. The van der Waals surface area contributed by atoms with E-state index in [0.717, 1.165) is 62.4 Å². The Morgan fingerprint density at radius 3 is 2.36 bits per heavy atom. The van der Waals surface area contributed by atoms with E-state index in [1.165, 1.54) is 61.8 Å². The van der Waals surface area contributed by atoms with Crippen LogP contribution in [0.3, 0.4) is 0 Å². The van der Waals surface area contributed by atoms with E-state index >= 15 is 0 Å². The Bertz CT molecular complexity index is 1940. The number of allylic oxidation sites excluding steroid dienone is 10. The van der Waals surface area contributed by atoms with Gasteiger partial charge in [-0.05, 0) is 116 Å². The second-order valence-electron chi connectivity index (χ2n) is 16.3. The molecule has 2 aliphatic carbocycles. The van der Waals surface area contributed by atoms with Crippen molar-refractivity contribution in [2.45, 2.75) is 126 Å². The molecule has 3 nitrogen and oxygen atoms in total. The lowest BCUT2D eigenvalue weighted by Crippen LogP contribution is -2.48. The molecule has 0 amide bonds. The average molecular weight is 704 g/mol. The Hall–Kier alpha value is -4.23. The monoisotopic (exact) mass is 704 g/mol. The van der Waals surface area contributed by atoms with Crippen LogP contribution < -0.4 is 10.9 Å². The van der Waals surface area contributed by atoms with Crippen molar-refractivity contribution in [1.82, 2.24) is 15.0 Å². The maximum Gasteiger partial charge on any atom is 0.238 e. The van der Waals surface area contributed by atoms with E-state index < -0.39 is 0 Å². The van der Waals surface area contributed by atoms with Crippen molar-refractivity contribution >= 4 is 23.2 Å². The fourth-order valence-electron chi connectivity index (χ4n) is 9.16. The zero-order chi connectivity index (χ0) is 38.3. The van der Waals surface area contributed by atoms with Gasteiger partial charge in [0.25, 0.3) is 0 Å². The Morgan fingerprint density at radius 2 is 1.72 bits per heavy atom.